The molecule has 2 aromatic carbocycles. The molecular formula is C17H15FN2O3S. The number of rotatable bonds is 4. The molecule has 1 amide bonds. The van der Waals surface area contributed by atoms with E-state index in [1.54, 1.807) is 31.2 Å². The first-order chi connectivity index (χ1) is 11.5. The van der Waals surface area contributed by atoms with Gasteiger partial charge in [0, 0.05) is 11.3 Å². The van der Waals surface area contributed by atoms with E-state index < -0.39 is 17.7 Å². The summed E-state index contributed by atoms with van der Waals surface area (Å²) in [7, 11) is 0. The molecule has 0 unspecified atom stereocenters. The van der Waals surface area contributed by atoms with Gasteiger partial charge in [0.25, 0.3) is 5.91 Å². The predicted octanol–water partition coefficient (Wildman–Crippen LogP) is 3.13. The maximum atomic E-state index is 12.8. The lowest BCUT2D eigenvalue weighted by molar-refractivity contribution is 0.0526. The van der Waals surface area contributed by atoms with Crippen molar-refractivity contribution in [1.82, 2.24) is 5.32 Å². The number of amides is 1. The molecule has 2 aromatic rings. The molecule has 0 aromatic heterocycles. The third-order valence-electron chi connectivity index (χ3n) is 2.99. The van der Waals surface area contributed by atoms with Gasteiger partial charge in [0.15, 0.2) is 5.11 Å². The van der Waals surface area contributed by atoms with Crippen molar-refractivity contribution in [3.8, 4) is 0 Å². The molecule has 0 radical (unpaired) electrons. The van der Waals surface area contributed by atoms with Crippen molar-refractivity contribution in [2.24, 2.45) is 0 Å². The van der Waals surface area contributed by atoms with Crippen LogP contribution in [0.2, 0.25) is 0 Å². The van der Waals surface area contributed by atoms with Crippen molar-refractivity contribution >= 4 is 34.9 Å². The Hall–Kier alpha value is -2.80. The molecule has 7 heteroatoms. The summed E-state index contributed by atoms with van der Waals surface area (Å²) in [6.07, 6.45) is 0. The predicted molar refractivity (Wildman–Crippen MR) is 92.5 cm³/mol. The van der Waals surface area contributed by atoms with Crippen LogP contribution in [0.25, 0.3) is 0 Å². The molecule has 0 saturated carbocycles. The molecule has 24 heavy (non-hydrogen) atoms. The van der Waals surface area contributed by atoms with Crippen LogP contribution < -0.4 is 10.6 Å². The van der Waals surface area contributed by atoms with Gasteiger partial charge >= 0.3 is 5.97 Å². The number of esters is 1. The Morgan fingerprint density at radius 2 is 1.62 bits per heavy atom. The molecule has 0 aliphatic rings. The average molecular weight is 346 g/mol. The van der Waals surface area contributed by atoms with Gasteiger partial charge in [-0.2, -0.15) is 0 Å². The number of hydrogen-bond acceptors (Lipinski definition) is 4. The topological polar surface area (TPSA) is 67.4 Å². The molecule has 2 rings (SSSR count). The zero-order valence-corrected chi connectivity index (χ0v) is 13.7. The standard InChI is InChI=1S/C17H15FN2O3S/c1-2-23-16(22)12-5-9-14(10-6-12)19-17(24)20-15(21)11-3-7-13(18)8-4-11/h3-10H,2H2,1H3,(H2,19,20,21,24). The third-order valence-corrected chi connectivity index (χ3v) is 3.19. The summed E-state index contributed by atoms with van der Waals surface area (Å²) in [4.78, 5) is 23.5. The van der Waals surface area contributed by atoms with Crippen molar-refractivity contribution in [2.45, 2.75) is 6.92 Å². The number of carbonyl (C=O) groups excluding carboxylic acids is 2. The molecule has 0 spiro atoms. The lowest BCUT2D eigenvalue weighted by Crippen LogP contribution is -2.34. The van der Waals surface area contributed by atoms with Gasteiger partial charge in [-0.05, 0) is 67.7 Å². The number of nitrogens with one attached hydrogen (secondary N) is 2. The minimum Gasteiger partial charge on any atom is -0.462 e. The summed E-state index contributed by atoms with van der Waals surface area (Å²) in [6.45, 7) is 2.04. The Bertz CT molecular complexity index is 745. The Kier molecular flexibility index (Phi) is 5.97. The minimum absolute atomic E-state index is 0.0909. The van der Waals surface area contributed by atoms with Crippen molar-refractivity contribution in [2.75, 3.05) is 11.9 Å². The van der Waals surface area contributed by atoms with Crippen LogP contribution in [0.1, 0.15) is 27.6 Å². The molecule has 124 valence electrons. The van der Waals surface area contributed by atoms with Gasteiger partial charge in [-0.3, -0.25) is 10.1 Å². The van der Waals surface area contributed by atoms with Crippen molar-refractivity contribution in [3.63, 3.8) is 0 Å². The SMILES string of the molecule is CCOC(=O)c1ccc(NC(=S)NC(=O)c2ccc(F)cc2)cc1. The van der Waals surface area contributed by atoms with E-state index >= 15 is 0 Å². The van der Waals surface area contributed by atoms with Crippen molar-refractivity contribution < 1.29 is 18.7 Å². The molecule has 5 nitrogen and oxygen atoms in total. The van der Waals surface area contributed by atoms with Crippen molar-refractivity contribution in [3.05, 3.63) is 65.5 Å². The summed E-state index contributed by atoms with van der Waals surface area (Å²) in [5, 5.41) is 5.41. The fraction of sp³-hybridized carbons (Fsp3) is 0.118. The molecule has 0 saturated heterocycles. The molecule has 0 heterocycles. The van der Waals surface area contributed by atoms with E-state index in [1.165, 1.54) is 24.3 Å². The van der Waals surface area contributed by atoms with Gasteiger partial charge in [-0.15, -0.1) is 0 Å². The molecular weight excluding hydrogens is 331 g/mol. The molecule has 0 atom stereocenters. The van der Waals surface area contributed by atoms with Gasteiger partial charge in [-0.1, -0.05) is 0 Å². The fourth-order valence-corrected chi connectivity index (χ4v) is 2.05. The van der Waals surface area contributed by atoms with E-state index in [0.29, 0.717) is 23.4 Å². The number of halogens is 1. The molecule has 0 bridgehead atoms. The zero-order chi connectivity index (χ0) is 17.5. The maximum absolute atomic E-state index is 12.8. The molecule has 2 N–H and O–H groups in total. The van der Waals surface area contributed by atoms with Crippen molar-refractivity contribution in [1.29, 1.82) is 0 Å². The third kappa shape index (κ3) is 4.85. The summed E-state index contributed by atoms with van der Waals surface area (Å²) >= 11 is 5.06. The van der Waals surface area contributed by atoms with Gasteiger partial charge in [0.2, 0.25) is 0 Å². The summed E-state index contributed by atoms with van der Waals surface area (Å²) in [5.74, 6) is -1.28. The number of ether oxygens (including phenoxy) is 1. The Morgan fingerprint density at radius 1 is 1.04 bits per heavy atom. The quantitative estimate of drug-likeness (QED) is 0.658. The van der Waals surface area contributed by atoms with Crippen LogP contribution in [0, 0.1) is 5.82 Å². The average Bonchev–Trinajstić information content (AvgIpc) is 2.56. The van der Waals surface area contributed by atoms with Crippen LogP contribution in [0.4, 0.5) is 10.1 Å². The fourth-order valence-electron chi connectivity index (χ4n) is 1.84. The second-order valence-electron chi connectivity index (χ2n) is 4.71. The first kappa shape index (κ1) is 17.6. The van der Waals surface area contributed by atoms with Crippen LogP contribution in [-0.2, 0) is 4.74 Å². The van der Waals surface area contributed by atoms with Crippen LogP contribution in [0.15, 0.2) is 48.5 Å². The normalized spacial score (nSPS) is 9.92. The van der Waals surface area contributed by atoms with Gasteiger partial charge in [0.05, 0.1) is 12.2 Å². The van der Waals surface area contributed by atoms with E-state index in [-0.39, 0.29) is 5.11 Å². The smallest absolute Gasteiger partial charge is 0.338 e. The highest BCUT2D eigenvalue weighted by Gasteiger charge is 2.09. The highest BCUT2D eigenvalue weighted by atomic mass is 32.1. The number of anilines is 1. The molecule has 0 aliphatic carbocycles. The highest BCUT2D eigenvalue weighted by molar-refractivity contribution is 7.80. The minimum atomic E-state index is -0.448. The van der Waals surface area contributed by atoms with Gasteiger partial charge in [-0.25, -0.2) is 9.18 Å². The van der Waals surface area contributed by atoms with Crippen LogP contribution in [0.3, 0.4) is 0 Å². The van der Waals surface area contributed by atoms with E-state index in [0.717, 1.165) is 0 Å². The second kappa shape index (κ2) is 8.16. The number of carbonyl (C=O) groups is 2. The first-order valence-corrected chi connectivity index (χ1v) is 7.55. The van der Waals surface area contributed by atoms with Crippen LogP contribution in [-0.4, -0.2) is 23.6 Å². The Balaban J connectivity index is 1.93. The largest absolute Gasteiger partial charge is 0.462 e. The lowest BCUT2D eigenvalue weighted by atomic mass is 10.2. The Labute approximate surface area is 143 Å². The highest BCUT2D eigenvalue weighted by Crippen LogP contribution is 2.11. The molecule has 0 aliphatic heterocycles. The maximum Gasteiger partial charge on any atom is 0.338 e. The zero-order valence-electron chi connectivity index (χ0n) is 12.8. The Morgan fingerprint density at radius 3 is 2.21 bits per heavy atom. The lowest BCUT2D eigenvalue weighted by Gasteiger charge is -2.10. The molecule has 0 fully saturated rings. The second-order valence-corrected chi connectivity index (χ2v) is 5.12. The van der Waals surface area contributed by atoms with E-state index in [1.807, 2.05) is 0 Å². The van der Waals surface area contributed by atoms with Gasteiger partial charge in [0.1, 0.15) is 5.82 Å². The number of thiocarbonyl (C=S) groups is 1. The van der Waals surface area contributed by atoms with E-state index in [2.05, 4.69) is 10.6 Å². The number of benzene rings is 2. The summed E-state index contributed by atoms with van der Waals surface area (Å²) in [5.41, 5.74) is 1.31. The van der Waals surface area contributed by atoms with E-state index in [9.17, 15) is 14.0 Å². The summed E-state index contributed by atoms with van der Waals surface area (Å²) in [6, 6.07) is 11.6. The monoisotopic (exact) mass is 346 g/mol. The van der Waals surface area contributed by atoms with Gasteiger partial charge < -0.3 is 10.1 Å². The van der Waals surface area contributed by atoms with Crippen LogP contribution >= 0.6 is 12.2 Å². The van der Waals surface area contributed by atoms with Crippen LogP contribution in [0.5, 0.6) is 0 Å². The van der Waals surface area contributed by atoms with E-state index in [4.69, 9.17) is 17.0 Å². The first-order valence-electron chi connectivity index (χ1n) is 7.14. The summed E-state index contributed by atoms with van der Waals surface area (Å²) < 4.78 is 17.7. The number of hydrogen-bond donors (Lipinski definition) is 2.